The Balaban J connectivity index is -0.000000186. The van der Waals surface area contributed by atoms with Crippen molar-refractivity contribution in [1.29, 1.82) is 0 Å². The summed E-state index contributed by atoms with van der Waals surface area (Å²) in [4.78, 5) is 0. The first-order valence-corrected chi connectivity index (χ1v) is 41.6. The Labute approximate surface area is 614 Å². The van der Waals surface area contributed by atoms with Crippen LogP contribution in [0.1, 0.15) is 355 Å². The SMILES string of the molecule is CC(C)C(C(C)C)C(C)C.CC(C)C(C(C)C)C(C)C.CC(C)C(C(C)C)C1CCOCC1.CC(C)C(C)C(C)C.CC(C)C(c1ccccc1)C(C)C.CCC(C(C)C)C(C)C.CCC(C)C(C(C)C)C(C)C.COC(C)C(C(C)C)C(C)C.COCCC(C(C)C)C(C)C. The summed E-state index contributed by atoms with van der Waals surface area (Å²) < 4.78 is 15.8. The highest BCUT2D eigenvalue weighted by atomic mass is 16.5. The van der Waals surface area contributed by atoms with Gasteiger partial charge >= 0.3 is 0 Å². The van der Waals surface area contributed by atoms with Crippen LogP contribution in [0.15, 0.2) is 30.3 Å². The lowest BCUT2D eigenvalue weighted by atomic mass is 9.73. The zero-order valence-electron chi connectivity index (χ0n) is 75.7. The Morgan fingerprint density at radius 3 is 0.792 bits per heavy atom. The topological polar surface area (TPSA) is 27.7 Å². The molecule has 2 unspecified atom stereocenters. The first kappa shape index (κ1) is 108. The number of methoxy groups -OCH3 is 2. The molecule has 1 aliphatic heterocycles. The van der Waals surface area contributed by atoms with Crippen molar-refractivity contribution in [2.75, 3.05) is 34.0 Å². The molecular weight excluding hydrogens is 1170 g/mol. The average molecular weight is 1360 g/mol. The summed E-state index contributed by atoms with van der Waals surface area (Å²) >= 11 is 0. The van der Waals surface area contributed by atoms with Gasteiger partial charge in [-0.05, 0) is 215 Å². The van der Waals surface area contributed by atoms with Gasteiger partial charge in [0.15, 0.2) is 0 Å². The molecule has 0 spiro atoms. The summed E-state index contributed by atoms with van der Waals surface area (Å²) in [6, 6.07) is 10.8. The van der Waals surface area contributed by atoms with E-state index in [1.165, 1.54) is 37.7 Å². The van der Waals surface area contributed by atoms with Crippen LogP contribution in [-0.4, -0.2) is 40.1 Å². The van der Waals surface area contributed by atoms with Crippen molar-refractivity contribution in [1.82, 2.24) is 0 Å². The van der Waals surface area contributed by atoms with Crippen LogP contribution in [0.2, 0.25) is 0 Å². The van der Waals surface area contributed by atoms with E-state index in [9.17, 15) is 0 Å². The van der Waals surface area contributed by atoms with Gasteiger partial charge in [0.05, 0.1) is 6.10 Å². The van der Waals surface area contributed by atoms with Gasteiger partial charge in [-0.25, -0.2) is 0 Å². The van der Waals surface area contributed by atoms with Crippen LogP contribution in [0.25, 0.3) is 0 Å². The lowest BCUT2D eigenvalue weighted by Crippen LogP contribution is -2.30. The molecule has 96 heavy (non-hydrogen) atoms. The van der Waals surface area contributed by atoms with Crippen molar-refractivity contribution in [3.8, 4) is 0 Å². The highest BCUT2D eigenvalue weighted by Gasteiger charge is 2.29. The zero-order valence-corrected chi connectivity index (χ0v) is 75.7. The van der Waals surface area contributed by atoms with Gasteiger partial charge < -0.3 is 14.2 Å². The molecule has 1 aromatic carbocycles. The smallest absolute Gasteiger partial charge is 0.0576 e. The summed E-state index contributed by atoms with van der Waals surface area (Å²) in [5.74, 6) is 25.5. The molecule has 2 rings (SSSR count). The second kappa shape index (κ2) is 62.6. The van der Waals surface area contributed by atoms with Crippen molar-refractivity contribution >= 4 is 0 Å². The molecule has 0 aromatic heterocycles. The largest absolute Gasteiger partial charge is 0.385 e. The molecule has 1 aliphatic rings. The number of rotatable bonds is 30. The van der Waals surface area contributed by atoms with Gasteiger partial charge in [-0.15, -0.1) is 0 Å². The average Bonchev–Trinajstić information content (AvgIpc) is 0.964. The van der Waals surface area contributed by atoms with Crippen molar-refractivity contribution in [3.63, 3.8) is 0 Å². The Morgan fingerprint density at radius 2 is 0.635 bits per heavy atom. The minimum Gasteiger partial charge on any atom is -0.385 e. The van der Waals surface area contributed by atoms with Gasteiger partial charge in [-0.2, -0.15) is 0 Å². The van der Waals surface area contributed by atoms with E-state index in [4.69, 9.17) is 14.2 Å². The van der Waals surface area contributed by atoms with Crippen LogP contribution < -0.4 is 0 Å². The number of benzene rings is 1. The first-order valence-electron chi connectivity index (χ1n) is 41.6. The van der Waals surface area contributed by atoms with E-state index in [2.05, 4.69) is 342 Å². The normalized spacial score (nSPS) is 13.9. The second-order valence-electron chi connectivity index (χ2n) is 37.4. The molecule has 1 fully saturated rings. The van der Waals surface area contributed by atoms with Gasteiger partial charge in [-0.1, -0.05) is 348 Å². The molecule has 2 atom stereocenters. The second-order valence-corrected chi connectivity index (χ2v) is 37.4. The van der Waals surface area contributed by atoms with Gasteiger partial charge in [0.2, 0.25) is 0 Å². The molecular formula is C93H194O3. The summed E-state index contributed by atoms with van der Waals surface area (Å²) in [5, 5.41) is 0. The van der Waals surface area contributed by atoms with Gasteiger partial charge in [0.25, 0.3) is 0 Å². The summed E-state index contributed by atoms with van der Waals surface area (Å²) in [6.45, 7) is 107. The quantitative estimate of drug-likeness (QED) is 0.0768. The van der Waals surface area contributed by atoms with E-state index in [0.29, 0.717) is 29.8 Å². The standard InChI is InChI=1S/C13H20.C12H24O.C11H24.2C10H22O.2C10H22.C9H20.C8H18/c1-10(2)13(11(3)4)12-8-6-5-7-9-12;1-9(2)12(10(3)4)11-5-7-13-8-6-11;1-7-10(6)11(8(2)3)9(4)5;1-8(2)10(9(3)4)6-7-11-5;1-7(2)10(8(3)4)9(5)11-6;2*1-7(2)10(8(3)4)9(5)6;1-6-9(7(2)3)8(4)5;1-6(2)8(5)7(3)4/h5-11,13H,1-4H3;9-12H,5-8H2,1-4H3;8-11H,7H2,1-6H3;8-10H,6-7H2,1-5H3;7-10H,1-6H3;2*7-10H,1-6H3;7-9H,6H2,1-5H3;6-8H,1-5H3. The Hall–Kier alpha value is -0.900. The highest BCUT2D eigenvalue weighted by molar-refractivity contribution is 5.20. The monoisotopic (exact) mass is 1360 g/mol. The van der Waals surface area contributed by atoms with E-state index in [1.54, 1.807) is 14.2 Å². The Morgan fingerprint density at radius 1 is 0.333 bits per heavy atom. The van der Waals surface area contributed by atoms with Crippen LogP contribution in [0, 0.1) is 178 Å². The number of hydrogen-bond donors (Lipinski definition) is 0. The molecule has 584 valence electrons. The van der Waals surface area contributed by atoms with Crippen molar-refractivity contribution < 1.29 is 14.2 Å². The lowest BCUT2D eigenvalue weighted by Gasteiger charge is -2.35. The maximum atomic E-state index is 5.41. The van der Waals surface area contributed by atoms with E-state index in [0.717, 1.165) is 180 Å². The predicted molar refractivity (Wildman–Crippen MR) is 446 cm³/mol. The molecule has 0 radical (unpaired) electrons. The Kier molecular flexibility index (Phi) is 70.8. The number of hydrogen-bond acceptors (Lipinski definition) is 3. The van der Waals surface area contributed by atoms with Crippen LogP contribution in [0.4, 0.5) is 0 Å². The fraction of sp³-hybridized carbons (Fsp3) is 0.935. The van der Waals surface area contributed by atoms with Crippen LogP contribution in [0.5, 0.6) is 0 Å². The van der Waals surface area contributed by atoms with Gasteiger partial charge in [0.1, 0.15) is 0 Å². The third kappa shape index (κ3) is 53.8. The van der Waals surface area contributed by atoms with Crippen molar-refractivity contribution in [2.24, 2.45) is 178 Å². The molecule has 0 N–H and O–H groups in total. The molecule has 0 saturated carbocycles. The fourth-order valence-corrected chi connectivity index (χ4v) is 18.3. The molecule has 0 bridgehead atoms. The molecule has 3 nitrogen and oxygen atoms in total. The molecule has 1 aromatic rings. The van der Waals surface area contributed by atoms with E-state index >= 15 is 0 Å². The maximum Gasteiger partial charge on any atom is 0.0576 e. The summed E-state index contributed by atoms with van der Waals surface area (Å²) in [6.07, 6.45) is 6.79. The van der Waals surface area contributed by atoms with Crippen LogP contribution in [-0.2, 0) is 14.2 Å². The fourth-order valence-electron chi connectivity index (χ4n) is 18.3. The summed E-state index contributed by atoms with van der Waals surface area (Å²) in [5.41, 5.74) is 1.48. The molecule has 1 saturated heterocycles. The lowest BCUT2D eigenvalue weighted by molar-refractivity contribution is 0.0253. The zero-order chi connectivity index (χ0) is 77.4. The van der Waals surface area contributed by atoms with Crippen LogP contribution in [0.3, 0.4) is 0 Å². The highest BCUT2D eigenvalue weighted by Crippen LogP contribution is 2.36. The first-order chi connectivity index (χ1) is 43.9. The molecule has 1 heterocycles. The third-order valence-corrected chi connectivity index (χ3v) is 22.5. The maximum absolute atomic E-state index is 5.41. The molecule has 0 aliphatic carbocycles. The molecule has 3 heteroatoms. The number of ether oxygens (including phenoxy) is 3. The van der Waals surface area contributed by atoms with Gasteiger partial charge in [0, 0.05) is 34.0 Å². The van der Waals surface area contributed by atoms with E-state index < -0.39 is 0 Å². The van der Waals surface area contributed by atoms with E-state index in [1.807, 2.05) is 0 Å². The predicted octanol–water partition coefficient (Wildman–Crippen LogP) is 30.7. The molecule has 0 amide bonds. The minimum atomic E-state index is 0.384. The van der Waals surface area contributed by atoms with Crippen LogP contribution >= 0.6 is 0 Å². The van der Waals surface area contributed by atoms with Crippen molar-refractivity contribution in [2.45, 2.75) is 356 Å². The van der Waals surface area contributed by atoms with E-state index in [-0.39, 0.29) is 0 Å². The third-order valence-electron chi connectivity index (χ3n) is 22.5. The van der Waals surface area contributed by atoms with Gasteiger partial charge in [-0.3, -0.25) is 0 Å². The minimum absolute atomic E-state index is 0.384. The van der Waals surface area contributed by atoms with Crippen molar-refractivity contribution in [3.05, 3.63) is 35.9 Å². The summed E-state index contributed by atoms with van der Waals surface area (Å²) in [7, 11) is 3.57. The Bertz CT molecular complexity index is 1550.